The summed E-state index contributed by atoms with van der Waals surface area (Å²) in [6.45, 7) is 8.17. The monoisotopic (exact) mass is 348 g/mol. The van der Waals surface area contributed by atoms with E-state index >= 15 is 0 Å². The van der Waals surface area contributed by atoms with E-state index < -0.39 is 9.84 Å². The smallest absolute Gasteiger partial charge is 0.152 e. The molecule has 0 radical (unpaired) electrons. The van der Waals surface area contributed by atoms with Crippen molar-refractivity contribution in [3.05, 3.63) is 18.0 Å². The van der Waals surface area contributed by atoms with Crippen LogP contribution in [-0.4, -0.2) is 60.3 Å². The molecule has 22 heavy (non-hydrogen) atoms. The number of piperazine rings is 1. The molecule has 2 fully saturated rings. The third-order valence-corrected chi connectivity index (χ3v) is 6.42. The summed E-state index contributed by atoms with van der Waals surface area (Å²) in [5.74, 6) is 0.472. The summed E-state index contributed by atoms with van der Waals surface area (Å²) < 4.78 is 25.3. The molecule has 6 nitrogen and oxygen atoms in total. The van der Waals surface area contributed by atoms with Gasteiger partial charge in [0.25, 0.3) is 0 Å². The molecule has 0 aromatic carbocycles. The standard InChI is InChI=1S/C14H24N4O2S.ClH/c1-12-8-17(5-4-15-12)9-13-7-16-18(10-13)14(2)3-6-21(19,20)11-14;/h7,10,12,15H,3-6,8-9,11H2,1-2H3;1H/t12-,14?;/m1./s1. The Balaban J connectivity index is 0.00000176. The summed E-state index contributed by atoms with van der Waals surface area (Å²) in [6.07, 6.45) is 4.55. The summed E-state index contributed by atoms with van der Waals surface area (Å²) in [7, 11) is -2.91. The fourth-order valence-electron chi connectivity index (χ4n) is 3.33. The van der Waals surface area contributed by atoms with Crippen LogP contribution in [0.5, 0.6) is 0 Å². The van der Waals surface area contributed by atoms with Crippen molar-refractivity contribution in [2.75, 3.05) is 31.1 Å². The van der Waals surface area contributed by atoms with Gasteiger partial charge in [-0.25, -0.2) is 8.42 Å². The van der Waals surface area contributed by atoms with Crippen molar-refractivity contribution in [3.63, 3.8) is 0 Å². The molecule has 1 unspecified atom stereocenters. The first kappa shape index (κ1) is 17.7. The van der Waals surface area contributed by atoms with Gasteiger partial charge in [0.1, 0.15) is 0 Å². The molecule has 1 N–H and O–H groups in total. The number of hydrogen-bond acceptors (Lipinski definition) is 5. The SMILES string of the molecule is C[C@@H]1CN(Cc2cnn(C3(C)CCS(=O)(=O)C3)c2)CCN1.Cl. The van der Waals surface area contributed by atoms with E-state index in [9.17, 15) is 8.42 Å². The van der Waals surface area contributed by atoms with Crippen molar-refractivity contribution in [2.45, 2.75) is 38.4 Å². The van der Waals surface area contributed by atoms with E-state index in [1.54, 1.807) is 0 Å². The molecule has 0 amide bonds. The van der Waals surface area contributed by atoms with Crippen LogP contribution in [0.2, 0.25) is 0 Å². The second-order valence-corrected chi connectivity index (χ2v) is 8.91. The maximum absolute atomic E-state index is 11.7. The topological polar surface area (TPSA) is 67.2 Å². The van der Waals surface area contributed by atoms with Gasteiger partial charge in [0.2, 0.25) is 0 Å². The highest BCUT2D eigenvalue weighted by Gasteiger charge is 2.40. The lowest BCUT2D eigenvalue weighted by atomic mass is 10.0. The minimum absolute atomic E-state index is 0. The predicted molar refractivity (Wildman–Crippen MR) is 89.1 cm³/mol. The van der Waals surface area contributed by atoms with Crippen molar-refractivity contribution in [1.29, 1.82) is 0 Å². The Morgan fingerprint density at radius 3 is 2.91 bits per heavy atom. The number of hydrogen-bond donors (Lipinski definition) is 1. The van der Waals surface area contributed by atoms with Gasteiger partial charge in [-0.3, -0.25) is 9.58 Å². The molecular weight excluding hydrogens is 324 g/mol. The molecule has 2 atom stereocenters. The van der Waals surface area contributed by atoms with Gasteiger partial charge in [-0.2, -0.15) is 5.10 Å². The Morgan fingerprint density at radius 1 is 1.50 bits per heavy atom. The van der Waals surface area contributed by atoms with E-state index in [0.717, 1.165) is 31.7 Å². The number of aromatic nitrogens is 2. The molecular formula is C14H25ClN4O2S. The maximum Gasteiger partial charge on any atom is 0.152 e. The fraction of sp³-hybridized carbons (Fsp3) is 0.786. The number of sulfone groups is 1. The van der Waals surface area contributed by atoms with Crippen LogP contribution in [-0.2, 0) is 21.9 Å². The lowest BCUT2D eigenvalue weighted by Crippen LogP contribution is -2.48. The van der Waals surface area contributed by atoms with E-state index in [4.69, 9.17) is 0 Å². The molecule has 3 rings (SSSR count). The molecule has 8 heteroatoms. The first-order valence-electron chi connectivity index (χ1n) is 7.57. The average Bonchev–Trinajstić information content (AvgIpc) is 2.95. The zero-order chi connectivity index (χ0) is 15.1. The van der Waals surface area contributed by atoms with Crippen molar-refractivity contribution in [2.24, 2.45) is 0 Å². The predicted octanol–water partition coefficient (Wildman–Crippen LogP) is 0.632. The zero-order valence-corrected chi connectivity index (χ0v) is 14.8. The van der Waals surface area contributed by atoms with Crippen LogP contribution in [0.3, 0.4) is 0 Å². The van der Waals surface area contributed by atoms with Crippen LogP contribution in [0.15, 0.2) is 12.4 Å². The molecule has 0 bridgehead atoms. The van der Waals surface area contributed by atoms with Crippen LogP contribution in [0, 0.1) is 0 Å². The first-order chi connectivity index (χ1) is 9.86. The van der Waals surface area contributed by atoms with Crippen LogP contribution in [0.4, 0.5) is 0 Å². The molecule has 1 aromatic heterocycles. The second kappa shape index (κ2) is 6.47. The summed E-state index contributed by atoms with van der Waals surface area (Å²) in [6, 6.07) is 0.520. The Kier molecular flexibility index (Phi) is 5.21. The summed E-state index contributed by atoms with van der Waals surface area (Å²) >= 11 is 0. The molecule has 0 saturated carbocycles. The normalized spacial score (nSPS) is 31.8. The first-order valence-corrected chi connectivity index (χ1v) is 9.39. The Bertz CT molecular complexity index is 618. The van der Waals surface area contributed by atoms with Gasteiger partial charge >= 0.3 is 0 Å². The van der Waals surface area contributed by atoms with Crippen molar-refractivity contribution in [1.82, 2.24) is 20.0 Å². The highest BCUT2D eigenvalue weighted by atomic mass is 35.5. The van der Waals surface area contributed by atoms with Crippen LogP contribution < -0.4 is 5.32 Å². The summed E-state index contributed by atoms with van der Waals surface area (Å²) in [5, 5.41) is 7.86. The molecule has 126 valence electrons. The number of nitrogens with one attached hydrogen (secondary N) is 1. The summed E-state index contributed by atoms with van der Waals surface area (Å²) in [5.41, 5.74) is 0.781. The van der Waals surface area contributed by atoms with E-state index in [1.807, 2.05) is 24.0 Å². The third kappa shape index (κ3) is 3.82. The fourth-order valence-corrected chi connectivity index (χ4v) is 5.44. The van der Waals surface area contributed by atoms with Gasteiger partial charge in [-0.15, -0.1) is 12.4 Å². The van der Waals surface area contributed by atoms with E-state index in [0.29, 0.717) is 12.5 Å². The second-order valence-electron chi connectivity index (χ2n) is 6.72. The number of rotatable bonds is 3. The number of nitrogens with zero attached hydrogens (tertiary/aromatic N) is 3. The molecule has 0 aliphatic carbocycles. The largest absolute Gasteiger partial charge is 0.312 e. The molecule has 3 heterocycles. The van der Waals surface area contributed by atoms with Gasteiger partial charge in [-0.05, 0) is 20.3 Å². The maximum atomic E-state index is 11.7. The third-order valence-electron chi connectivity index (χ3n) is 4.53. The van der Waals surface area contributed by atoms with Crippen molar-refractivity contribution < 1.29 is 8.42 Å². The molecule has 0 spiro atoms. The van der Waals surface area contributed by atoms with E-state index in [2.05, 4.69) is 22.2 Å². The van der Waals surface area contributed by atoms with Gasteiger partial charge in [-0.1, -0.05) is 0 Å². The van der Waals surface area contributed by atoms with Gasteiger partial charge in [0.15, 0.2) is 9.84 Å². The molecule has 2 aliphatic rings. The highest BCUT2D eigenvalue weighted by molar-refractivity contribution is 7.91. The minimum Gasteiger partial charge on any atom is -0.312 e. The van der Waals surface area contributed by atoms with Crippen LogP contribution in [0.25, 0.3) is 0 Å². The molecule has 2 saturated heterocycles. The highest BCUT2D eigenvalue weighted by Crippen LogP contribution is 2.30. The van der Waals surface area contributed by atoms with Crippen LogP contribution >= 0.6 is 12.4 Å². The van der Waals surface area contributed by atoms with Crippen molar-refractivity contribution >= 4 is 22.2 Å². The minimum atomic E-state index is -2.91. The Labute approximate surface area is 138 Å². The van der Waals surface area contributed by atoms with Crippen LogP contribution in [0.1, 0.15) is 25.8 Å². The quantitative estimate of drug-likeness (QED) is 0.868. The average molecular weight is 349 g/mol. The van der Waals surface area contributed by atoms with E-state index in [1.165, 1.54) is 0 Å². The lowest BCUT2D eigenvalue weighted by Gasteiger charge is -2.31. The Hall–Kier alpha value is -0.630. The zero-order valence-electron chi connectivity index (χ0n) is 13.2. The van der Waals surface area contributed by atoms with Gasteiger partial charge < -0.3 is 5.32 Å². The molecule has 1 aromatic rings. The number of halogens is 1. The Morgan fingerprint density at radius 2 is 2.27 bits per heavy atom. The van der Waals surface area contributed by atoms with Gasteiger partial charge in [0, 0.05) is 44.0 Å². The van der Waals surface area contributed by atoms with Crippen molar-refractivity contribution in [3.8, 4) is 0 Å². The molecule has 2 aliphatic heterocycles. The van der Waals surface area contributed by atoms with Gasteiger partial charge in [0.05, 0.1) is 23.2 Å². The van der Waals surface area contributed by atoms with E-state index in [-0.39, 0.29) is 29.5 Å². The lowest BCUT2D eigenvalue weighted by molar-refractivity contribution is 0.199. The summed E-state index contributed by atoms with van der Waals surface area (Å²) in [4.78, 5) is 2.41.